The summed E-state index contributed by atoms with van der Waals surface area (Å²) in [7, 11) is -0.604. The molecule has 0 aromatic carbocycles. The minimum atomic E-state index is -3.53. The molecular weight excluding hydrogens is 292 g/mol. The number of furan rings is 1. The van der Waals surface area contributed by atoms with Gasteiger partial charge in [-0.05, 0) is 24.0 Å². The quantitative estimate of drug-likeness (QED) is 0.794. The second-order valence-corrected chi connectivity index (χ2v) is 8.40. The molecule has 0 bridgehead atoms. The Bertz CT molecular complexity index is 544. The second-order valence-electron chi connectivity index (χ2n) is 6.32. The second kappa shape index (κ2) is 6.91. The van der Waals surface area contributed by atoms with E-state index in [0.717, 1.165) is 4.31 Å². The molecule has 1 aromatic heterocycles. The average molecular weight is 318 g/mol. The molecule has 7 heteroatoms. The van der Waals surface area contributed by atoms with Gasteiger partial charge in [0.05, 0.1) is 6.54 Å². The third-order valence-electron chi connectivity index (χ3n) is 3.36. The smallest absolute Gasteiger partial charge is 0.275 e. The van der Waals surface area contributed by atoms with Crippen LogP contribution in [0.15, 0.2) is 21.6 Å². The van der Waals surface area contributed by atoms with Crippen LogP contribution >= 0.6 is 0 Å². The van der Waals surface area contributed by atoms with Gasteiger partial charge in [-0.3, -0.25) is 0 Å². The molecule has 21 heavy (non-hydrogen) atoms. The zero-order valence-electron chi connectivity index (χ0n) is 13.4. The van der Waals surface area contributed by atoms with E-state index >= 15 is 0 Å². The lowest BCUT2D eigenvalue weighted by Gasteiger charge is -2.31. The number of hydrogen-bond acceptors (Lipinski definition) is 5. The summed E-state index contributed by atoms with van der Waals surface area (Å²) in [6.07, 6.45) is 0.632. The van der Waals surface area contributed by atoms with Crippen LogP contribution in [0.2, 0.25) is 0 Å². The Balaban J connectivity index is 2.75. The van der Waals surface area contributed by atoms with Gasteiger partial charge in [0, 0.05) is 26.7 Å². The summed E-state index contributed by atoms with van der Waals surface area (Å²) in [6.45, 7) is 6.79. The van der Waals surface area contributed by atoms with Gasteiger partial charge in [-0.2, -0.15) is 0 Å². The SMILES string of the molecule is CN(C)S(=O)(=O)c1ccc(CNC(CCO)C(C)(C)C)o1. The number of aliphatic hydroxyl groups excluding tert-OH is 1. The Kier molecular flexibility index (Phi) is 5.98. The van der Waals surface area contributed by atoms with Gasteiger partial charge in [0.15, 0.2) is 0 Å². The summed E-state index contributed by atoms with van der Waals surface area (Å²) in [5, 5.41) is 12.4. The van der Waals surface area contributed by atoms with Crippen LogP contribution in [0.25, 0.3) is 0 Å². The molecule has 0 spiro atoms. The number of aliphatic hydroxyl groups is 1. The first kappa shape index (κ1) is 18.2. The minimum Gasteiger partial charge on any atom is -0.447 e. The first-order chi connectivity index (χ1) is 9.59. The molecule has 1 aromatic rings. The monoisotopic (exact) mass is 318 g/mol. The lowest BCUT2D eigenvalue weighted by Crippen LogP contribution is -2.40. The molecule has 1 atom stereocenters. The molecule has 1 unspecified atom stereocenters. The highest BCUT2D eigenvalue weighted by Gasteiger charge is 2.25. The van der Waals surface area contributed by atoms with Crippen molar-refractivity contribution in [3.63, 3.8) is 0 Å². The molecule has 0 radical (unpaired) electrons. The number of nitrogens with one attached hydrogen (secondary N) is 1. The number of nitrogens with zero attached hydrogens (tertiary/aromatic N) is 1. The first-order valence-corrected chi connectivity index (χ1v) is 8.38. The maximum Gasteiger partial charge on any atom is 0.275 e. The Labute approximate surface area is 127 Å². The van der Waals surface area contributed by atoms with Gasteiger partial charge in [-0.25, -0.2) is 12.7 Å². The van der Waals surface area contributed by atoms with Crippen LogP contribution in [-0.2, 0) is 16.6 Å². The van der Waals surface area contributed by atoms with Gasteiger partial charge in [0.1, 0.15) is 5.76 Å². The summed E-state index contributed by atoms with van der Waals surface area (Å²) in [5.74, 6) is 0.558. The molecule has 122 valence electrons. The maximum absolute atomic E-state index is 11.9. The fourth-order valence-electron chi connectivity index (χ4n) is 1.97. The van der Waals surface area contributed by atoms with Crippen LogP contribution in [0.4, 0.5) is 0 Å². The Hall–Kier alpha value is -0.890. The van der Waals surface area contributed by atoms with Gasteiger partial charge < -0.3 is 14.8 Å². The van der Waals surface area contributed by atoms with Gasteiger partial charge >= 0.3 is 0 Å². The van der Waals surface area contributed by atoms with E-state index in [1.807, 2.05) is 0 Å². The molecule has 0 saturated carbocycles. The third kappa shape index (κ3) is 4.81. The summed E-state index contributed by atoms with van der Waals surface area (Å²) in [5.41, 5.74) is -0.00609. The van der Waals surface area contributed by atoms with Crippen LogP contribution in [-0.4, -0.2) is 44.6 Å². The van der Waals surface area contributed by atoms with E-state index in [9.17, 15) is 8.42 Å². The fraction of sp³-hybridized carbons (Fsp3) is 0.714. The Morgan fingerprint density at radius 3 is 2.43 bits per heavy atom. The molecule has 2 N–H and O–H groups in total. The van der Waals surface area contributed by atoms with Crippen molar-refractivity contribution < 1.29 is 17.9 Å². The van der Waals surface area contributed by atoms with Crippen molar-refractivity contribution in [3.05, 3.63) is 17.9 Å². The number of rotatable bonds is 7. The molecule has 0 aliphatic heterocycles. The maximum atomic E-state index is 11.9. The normalized spacial score (nSPS) is 14.6. The van der Waals surface area contributed by atoms with Crippen molar-refractivity contribution in [1.82, 2.24) is 9.62 Å². The summed E-state index contributed by atoms with van der Waals surface area (Å²) in [4.78, 5) is 0. The Morgan fingerprint density at radius 1 is 1.33 bits per heavy atom. The van der Waals surface area contributed by atoms with Gasteiger partial charge in [-0.1, -0.05) is 20.8 Å². The van der Waals surface area contributed by atoms with E-state index in [0.29, 0.717) is 18.7 Å². The molecule has 1 rings (SSSR count). The van der Waals surface area contributed by atoms with Crippen molar-refractivity contribution in [2.45, 2.75) is 44.9 Å². The van der Waals surface area contributed by atoms with E-state index in [4.69, 9.17) is 9.52 Å². The van der Waals surface area contributed by atoms with Crippen LogP contribution in [0, 0.1) is 5.41 Å². The van der Waals surface area contributed by atoms with Gasteiger partial charge in [-0.15, -0.1) is 0 Å². The number of hydrogen-bond donors (Lipinski definition) is 2. The minimum absolute atomic E-state index is 0.00609. The highest BCUT2D eigenvalue weighted by atomic mass is 32.2. The summed E-state index contributed by atoms with van der Waals surface area (Å²) < 4.78 is 30.4. The number of sulfonamides is 1. The van der Waals surface area contributed by atoms with Crippen molar-refractivity contribution in [2.75, 3.05) is 20.7 Å². The zero-order chi connectivity index (χ0) is 16.3. The van der Waals surface area contributed by atoms with Crippen LogP contribution in [0.5, 0.6) is 0 Å². The van der Waals surface area contributed by atoms with Crippen LogP contribution in [0.3, 0.4) is 0 Å². The van der Waals surface area contributed by atoms with Gasteiger partial charge in [0.25, 0.3) is 10.0 Å². The van der Waals surface area contributed by atoms with Crippen LogP contribution < -0.4 is 5.32 Å². The lowest BCUT2D eigenvalue weighted by atomic mass is 9.85. The van der Waals surface area contributed by atoms with E-state index < -0.39 is 10.0 Å². The van der Waals surface area contributed by atoms with Crippen molar-refractivity contribution in [3.8, 4) is 0 Å². The summed E-state index contributed by atoms with van der Waals surface area (Å²) >= 11 is 0. The zero-order valence-corrected chi connectivity index (χ0v) is 14.2. The lowest BCUT2D eigenvalue weighted by molar-refractivity contribution is 0.193. The average Bonchev–Trinajstić information content (AvgIpc) is 2.82. The van der Waals surface area contributed by atoms with Gasteiger partial charge in [0.2, 0.25) is 5.09 Å². The molecule has 0 saturated heterocycles. The van der Waals surface area contributed by atoms with E-state index in [1.54, 1.807) is 6.07 Å². The van der Waals surface area contributed by atoms with E-state index in [-0.39, 0.29) is 23.2 Å². The Morgan fingerprint density at radius 2 is 1.95 bits per heavy atom. The molecule has 6 nitrogen and oxygen atoms in total. The molecule has 0 amide bonds. The largest absolute Gasteiger partial charge is 0.447 e. The van der Waals surface area contributed by atoms with E-state index in [1.165, 1.54) is 20.2 Å². The first-order valence-electron chi connectivity index (χ1n) is 6.94. The highest BCUT2D eigenvalue weighted by Crippen LogP contribution is 2.23. The van der Waals surface area contributed by atoms with Crippen molar-refractivity contribution in [2.24, 2.45) is 5.41 Å². The highest BCUT2D eigenvalue weighted by molar-refractivity contribution is 7.88. The molecule has 0 aliphatic carbocycles. The molecule has 1 heterocycles. The topological polar surface area (TPSA) is 82.8 Å². The molecular formula is C14H26N2O4S. The predicted molar refractivity (Wildman–Crippen MR) is 81.4 cm³/mol. The van der Waals surface area contributed by atoms with E-state index in [2.05, 4.69) is 26.1 Å². The fourth-order valence-corrected chi connectivity index (χ4v) is 2.78. The predicted octanol–water partition coefficient (Wildman–Crippen LogP) is 1.42. The standard InChI is InChI=1S/C14H26N2O4S/c1-14(2,3)12(8-9-17)15-10-11-6-7-13(20-11)21(18,19)16(4)5/h6-7,12,15,17H,8-10H2,1-5H3. The third-order valence-corrected chi connectivity index (χ3v) is 5.05. The van der Waals surface area contributed by atoms with Crippen molar-refractivity contribution >= 4 is 10.0 Å². The van der Waals surface area contributed by atoms with Crippen molar-refractivity contribution in [1.29, 1.82) is 0 Å². The summed E-state index contributed by atoms with van der Waals surface area (Å²) in [6, 6.07) is 3.23. The molecule has 0 fully saturated rings. The van der Waals surface area contributed by atoms with Crippen LogP contribution in [0.1, 0.15) is 33.0 Å². The molecule has 0 aliphatic rings.